The van der Waals surface area contributed by atoms with Crippen molar-refractivity contribution in [1.82, 2.24) is 9.62 Å². The molecule has 1 aromatic heterocycles. The monoisotopic (exact) mass is 434 g/mol. The van der Waals surface area contributed by atoms with E-state index in [1.165, 1.54) is 29.4 Å². The second-order valence-electron chi connectivity index (χ2n) is 6.67. The van der Waals surface area contributed by atoms with E-state index in [4.69, 9.17) is 9.15 Å². The number of sulfonamides is 1. The Hall–Kier alpha value is -2.91. The third-order valence-corrected chi connectivity index (χ3v) is 5.55. The van der Waals surface area contributed by atoms with Crippen LogP contribution in [0.5, 0.6) is 0 Å². The molecule has 0 fully saturated rings. The molecule has 1 amide bonds. The third-order valence-electron chi connectivity index (χ3n) is 4.14. The van der Waals surface area contributed by atoms with Gasteiger partial charge in [-0.2, -0.15) is 0 Å². The Morgan fingerprint density at radius 3 is 2.47 bits per heavy atom. The number of hydrogen-bond acceptors (Lipinski definition) is 6. The molecule has 8 nitrogen and oxygen atoms in total. The lowest BCUT2D eigenvalue weighted by atomic mass is 10.2. The highest BCUT2D eigenvalue weighted by Crippen LogP contribution is 2.13. The maximum atomic E-state index is 12.4. The zero-order valence-electron chi connectivity index (χ0n) is 17.2. The van der Waals surface area contributed by atoms with Crippen molar-refractivity contribution in [3.63, 3.8) is 0 Å². The van der Waals surface area contributed by atoms with Crippen LogP contribution < -0.4 is 4.72 Å². The molecule has 0 saturated heterocycles. The number of nitrogens with one attached hydrogen (secondary N) is 1. The van der Waals surface area contributed by atoms with Crippen molar-refractivity contribution in [2.75, 3.05) is 13.2 Å². The highest BCUT2D eigenvalue weighted by molar-refractivity contribution is 7.89. The van der Waals surface area contributed by atoms with Crippen molar-refractivity contribution in [2.45, 2.75) is 38.3 Å². The van der Waals surface area contributed by atoms with Gasteiger partial charge in [-0.25, -0.2) is 13.1 Å². The maximum Gasteiger partial charge on any atom is 0.325 e. The number of carbonyl (C=O) groups is 2. The van der Waals surface area contributed by atoms with Gasteiger partial charge in [0.15, 0.2) is 0 Å². The molecule has 0 saturated carbocycles. The summed E-state index contributed by atoms with van der Waals surface area (Å²) in [6, 6.07) is 9.27. The molecule has 162 valence electrons. The molecule has 2 rings (SSSR count). The zero-order chi connectivity index (χ0) is 22.1. The SMILES string of the molecule is CCOC(=O)CN(C(=O)/C=C/c1ccc(S(=O)(=O)NCc2ccco2)cc1)C(C)C. The quantitative estimate of drug-likeness (QED) is 0.455. The fourth-order valence-electron chi connectivity index (χ4n) is 2.54. The Morgan fingerprint density at radius 2 is 1.90 bits per heavy atom. The number of rotatable bonds is 10. The van der Waals surface area contributed by atoms with Crippen molar-refractivity contribution in [3.05, 3.63) is 60.1 Å². The minimum atomic E-state index is -3.69. The predicted octanol–water partition coefficient (Wildman–Crippen LogP) is 2.57. The van der Waals surface area contributed by atoms with Crippen molar-refractivity contribution >= 4 is 28.0 Å². The summed E-state index contributed by atoms with van der Waals surface area (Å²) in [5.74, 6) is -0.298. The lowest BCUT2D eigenvalue weighted by Gasteiger charge is -2.24. The molecule has 0 aliphatic rings. The van der Waals surface area contributed by atoms with Gasteiger partial charge in [0.05, 0.1) is 24.3 Å². The fourth-order valence-corrected chi connectivity index (χ4v) is 3.54. The Morgan fingerprint density at radius 1 is 1.20 bits per heavy atom. The summed E-state index contributed by atoms with van der Waals surface area (Å²) in [6.07, 6.45) is 4.38. The van der Waals surface area contributed by atoms with Crippen LogP contribution in [0.25, 0.3) is 6.08 Å². The molecule has 2 aromatic rings. The van der Waals surface area contributed by atoms with Crippen LogP contribution >= 0.6 is 0 Å². The van der Waals surface area contributed by atoms with E-state index in [9.17, 15) is 18.0 Å². The van der Waals surface area contributed by atoms with Crippen LogP contribution in [0.2, 0.25) is 0 Å². The van der Waals surface area contributed by atoms with E-state index in [2.05, 4.69) is 4.72 Å². The highest BCUT2D eigenvalue weighted by atomic mass is 32.2. The van der Waals surface area contributed by atoms with Crippen LogP contribution in [-0.2, 0) is 30.9 Å². The zero-order valence-corrected chi connectivity index (χ0v) is 18.0. The Kier molecular flexibility index (Phi) is 8.37. The Bertz CT molecular complexity index is 963. The van der Waals surface area contributed by atoms with Crippen molar-refractivity contribution in [3.8, 4) is 0 Å². The van der Waals surface area contributed by atoms with E-state index in [1.807, 2.05) is 0 Å². The van der Waals surface area contributed by atoms with Gasteiger partial charge in [-0.1, -0.05) is 12.1 Å². The number of esters is 1. The van der Waals surface area contributed by atoms with Gasteiger partial charge in [0.1, 0.15) is 12.3 Å². The van der Waals surface area contributed by atoms with Crippen LogP contribution in [0.1, 0.15) is 32.1 Å². The predicted molar refractivity (Wildman–Crippen MR) is 112 cm³/mol. The molecule has 0 aliphatic heterocycles. The van der Waals surface area contributed by atoms with Crippen molar-refractivity contribution in [1.29, 1.82) is 0 Å². The van der Waals surface area contributed by atoms with Gasteiger partial charge in [-0.3, -0.25) is 9.59 Å². The summed E-state index contributed by atoms with van der Waals surface area (Å²) in [4.78, 5) is 25.6. The Labute approximate surface area is 176 Å². The smallest absolute Gasteiger partial charge is 0.325 e. The van der Waals surface area contributed by atoms with E-state index in [-0.39, 0.29) is 36.5 Å². The van der Waals surface area contributed by atoms with Crippen LogP contribution in [0.3, 0.4) is 0 Å². The highest BCUT2D eigenvalue weighted by Gasteiger charge is 2.19. The average Bonchev–Trinajstić information content (AvgIpc) is 3.23. The molecular weight excluding hydrogens is 408 g/mol. The normalized spacial score (nSPS) is 11.7. The number of hydrogen-bond donors (Lipinski definition) is 1. The molecule has 1 N–H and O–H groups in total. The summed E-state index contributed by atoms with van der Waals surface area (Å²) < 4.78 is 37.2. The molecule has 0 unspecified atom stereocenters. The van der Waals surface area contributed by atoms with Gasteiger partial charge in [0.2, 0.25) is 15.9 Å². The molecule has 30 heavy (non-hydrogen) atoms. The number of furan rings is 1. The van der Waals surface area contributed by atoms with E-state index in [0.717, 1.165) is 0 Å². The van der Waals surface area contributed by atoms with E-state index >= 15 is 0 Å². The summed E-state index contributed by atoms with van der Waals surface area (Å²) in [5, 5.41) is 0. The summed E-state index contributed by atoms with van der Waals surface area (Å²) >= 11 is 0. The van der Waals surface area contributed by atoms with Crippen LogP contribution in [0.4, 0.5) is 0 Å². The van der Waals surface area contributed by atoms with Gasteiger partial charge in [0.25, 0.3) is 0 Å². The molecular formula is C21H26N2O6S. The lowest BCUT2D eigenvalue weighted by molar-refractivity contribution is -0.148. The molecule has 0 radical (unpaired) electrons. The summed E-state index contributed by atoms with van der Waals surface area (Å²) in [6.45, 7) is 5.49. The lowest BCUT2D eigenvalue weighted by Crippen LogP contribution is -2.40. The first kappa shape index (κ1) is 23.4. The number of benzene rings is 1. The van der Waals surface area contributed by atoms with Crippen LogP contribution in [0.15, 0.2) is 58.1 Å². The van der Waals surface area contributed by atoms with E-state index in [1.54, 1.807) is 51.1 Å². The second-order valence-corrected chi connectivity index (χ2v) is 8.44. The Balaban J connectivity index is 2.01. The second kappa shape index (κ2) is 10.7. The standard InChI is InChI=1S/C21H26N2O6S/c1-4-28-21(25)15-23(16(2)3)20(24)12-9-17-7-10-19(11-8-17)30(26,27)22-14-18-6-5-13-29-18/h5-13,16,22H,4,14-15H2,1-3H3/b12-9+. The summed E-state index contributed by atoms with van der Waals surface area (Å²) in [7, 11) is -3.69. The number of nitrogens with zero attached hydrogens (tertiary/aromatic N) is 1. The van der Waals surface area contributed by atoms with Gasteiger partial charge in [-0.15, -0.1) is 0 Å². The minimum absolute atomic E-state index is 0.0526. The maximum absolute atomic E-state index is 12.4. The van der Waals surface area contributed by atoms with E-state index < -0.39 is 16.0 Å². The summed E-state index contributed by atoms with van der Waals surface area (Å²) in [5.41, 5.74) is 0.646. The number of amides is 1. The molecule has 0 spiro atoms. The van der Waals surface area contributed by atoms with Gasteiger partial charge >= 0.3 is 5.97 Å². The van der Waals surface area contributed by atoms with Crippen LogP contribution in [0, 0.1) is 0 Å². The first-order chi connectivity index (χ1) is 14.2. The number of carbonyl (C=O) groups excluding carboxylic acids is 2. The average molecular weight is 435 g/mol. The molecule has 0 atom stereocenters. The molecule has 9 heteroatoms. The molecule has 0 bridgehead atoms. The first-order valence-corrected chi connectivity index (χ1v) is 11.0. The van der Waals surface area contributed by atoms with E-state index in [0.29, 0.717) is 11.3 Å². The molecule has 0 aliphatic carbocycles. The first-order valence-electron chi connectivity index (χ1n) is 9.49. The van der Waals surface area contributed by atoms with Crippen molar-refractivity contribution < 1.29 is 27.2 Å². The third kappa shape index (κ3) is 6.85. The van der Waals surface area contributed by atoms with Gasteiger partial charge in [0, 0.05) is 12.1 Å². The van der Waals surface area contributed by atoms with Crippen molar-refractivity contribution in [2.24, 2.45) is 0 Å². The topological polar surface area (TPSA) is 106 Å². The van der Waals surface area contributed by atoms with Crippen LogP contribution in [-0.4, -0.2) is 44.4 Å². The minimum Gasteiger partial charge on any atom is -0.468 e. The number of ether oxygens (including phenoxy) is 1. The molecule has 1 aromatic carbocycles. The fraction of sp³-hybridized carbons (Fsp3) is 0.333. The largest absolute Gasteiger partial charge is 0.468 e. The van der Waals surface area contributed by atoms with Gasteiger partial charge in [-0.05, 0) is 56.7 Å². The molecule has 1 heterocycles. The van der Waals surface area contributed by atoms with Gasteiger partial charge < -0.3 is 14.1 Å².